The fourth-order valence-electron chi connectivity index (χ4n) is 14.4. The van der Waals surface area contributed by atoms with Crippen molar-refractivity contribution < 1.29 is 0 Å². The number of rotatable bonds is 12. The molecule has 0 aliphatic rings. The summed E-state index contributed by atoms with van der Waals surface area (Å²) in [6.07, 6.45) is 0. The Balaban J connectivity index is 1.08. The molecule has 2 heterocycles. The van der Waals surface area contributed by atoms with Crippen molar-refractivity contribution >= 4 is 43.4 Å². The van der Waals surface area contributed by atoms with Gasteiger partial charge in [0.05, 0.1) is 22.4 Å². The maximum Gasteiger partial charge on any atom is 0.0619 e. The minimum absolute atomic E-state index is 1.08. The maximum absolute atomic E-state index is 2.57. The van der Waals surface area contributed by atoms with Gasteiger partial charge in [0, 0.05) is 33.3 Å². The number of fused-ring (bicyclic) bond motifs is 4. The van der Waals surface area contributed by atoms with E-state index in [-0.39, 0.29) is 0 Å². The van der Waals surface area contributed by atoms with Crippen molar-refractivity contribution in [3.05, 3.63) is 364 Å². The highest BCUT2D eigenvalue weighted by molar-refractivity contribution is 6.27. The van der Waals surface area contributed by atoms with Crippen LogP contribution in [0.4, 0.5) is 0 Å². The summed E-state index contributed by atoms with van der Waals surface area (Å²) in [6.45, 7) is 0. The van der Waals surface area contributed by atoms with E-state index >= 15 is 0 Å². The third-order valence-corrected chi connectivity index (χ3v) is 18.4. The summed E-state index contributed by atoms with van der Waals surface area (Å²) in [4.78, 5) is 0. The van der Waals surface area contributed by atoms with Crippen molar-refractivity contribution in [1.29, 1.82) is 0 Å². The zero-order valence-corrected chi connectivity index (χ0v) is 50.5. The Morgan fingerprint density at radius 1 is 0.141 bits per heavy atom. The van der Waals surface area contributed by atoms with Crippen LogP contribution in [0.2, 0.25) is 0 Å². The molecule has 2 nitrogen and oxygen atoms in total. The quantitative estimate of drug-likeness (QED) is 0.108. The maximum atomic E-state index is 2.57. The van der Waals surface area contributed by atoms with Gasteiger partial charge < -0.3 is 9.13 Å². The second-order valence-corrected chi connectivity index (χ2v) is 23.9. The molecule has 430 valence electrons. The first-order chi connectivity index (χ1) is 45.7. The molecule has 0 aliphatic heterocycles. The molecule has 0 amide bonds. The largest absolute Gasteiger partial charge is 0.309 e. The van der Waals surface area contributed by atoms with E-state index in [1.807, 2.05) is 0 Å². The number of benzene rings is 15. The molecule has 92 heavy (non-hydrogen) atoms. The summed E-state index contributed by atoms with van der Waals surface area (Å²) in [5, 5.41) is 7.02. The van der Waals surface area contributed by atoms with E-state index in [0.29, 0.717) is 0 Å². The molecule has 0 spiro atoms. The van der Waals surface area contributed by atoms with Crippen LogP contribution in [0.15, 0.2) is 364 Å². The van der Waals surface area contributed by atoms with Crippen LogP contribution in [0.3, 0.4) is 0 Å². The molecule has 2 heteroatoms. The Morgan fingerprint density at radius 3 is 0.598 bits per heavy atom. The van der Waals surface area contributed by atoms with Crippen LogP contribution in [0, 0.1) is 0 Å². The number of aromatic nitrogens is 2. The minimum atomic E-state index is 1.08. The zero-order chi connectivity index (χ0) is 60.9. The molecular formula is C90H60N2. The molecule has 17 rings (SSSR count). The first-order valence-electron chi connectivity index (χ1n) is 31.7. The molecule has 0 N–H and O–H groups in total. The smallest absolute Gasteiger partial charge is 0.0619 e. The van der Waals surface area contributed by atoms with Gasteiger partial charge in [-0.15, -0.1) is 0 Å². The van der Waals surface area contributed by atoms with Crippen molar-refractivity contribution in [1.82, 2.24) is 9.13 Å². The molecule has 17 aromatic rings. The highest BCUT2D eigenvalue weighted by atomic mass is 15.0. The van der Waals surface area contributed by atoms with Crippen LogP contribution >= 0.6 is 0 Å². The van der Waals surface area contributed by atoms with Crippen LogP contribution in [-0.4, -0.2) is 9.13 Å². The van der Waals surface area contributed by atoms with Gasteiger partial charge in [-0.25, -0.2) is 0 Å². The van der Waals surface area contributed by atoms with Crippen molar-refractivity contribution in [2.45, 2.75) is 0 Å². The van der Waals surface area contributed by atoms with E-state index in [4.69, 9.17) is 0 Å². The summed E-state index contributed by atoms with van der Waals surface area (Å²) in [6, 6.07) is 134. The Kier molecular flexibility index (Phi) is 13.6. The molecule has 0 fully saturated rings. The topological polar surface area (TPSA) is 9.86 Å². The highest BCUT2D eigenvalue weighted by Crippen LogP contribution is 2.53. The van der Waals surface area contributed by atoms with Crippen molar-refractivity contribution in [2.75, 3.05) is 0 Å². The van der Waals surface area contributed by atoms with Gasteiger partial charge >= 0.3 is 0 Å². The van der Waals surface area contributed by atoms with Crippen molar-refractivity contribution in [3.63, 3.8) is 0 Å². The average molecular weight is 1170 g/mol. The SMILES string of the molecule is c1ccc(-c2cc(-c3ccccc3)cc(-n3c(-c4ccccc4)c(-c4ccccc4)c4cc5c(-c6ccccc6)c6cc7c(cc6c(-c6ccccc6)c5cc43)c(-c3ccccc3)c(-c3ccccc3)n7-c3cc(-c4ccccc4)cc(-c4ccccc4)c3)c2)cc1. The van der Waals surface area contributed by atoms with Gasteiger partial charge in [0.2, 0.25) is 0 Å². The summed E-state index contributed by atoms with van der Waals surface area (Å²) < 4.78 is 5.14. The fraction of sp³-hybridized carbons (Fsp3) is 0. The van der Waals surface area contributed by atoms with Crippen LogP contribution in [-0.2, 0) is 0 Å². The second kappa shape index (κ2) is 23.1. The zero-order valence-electron chi connectivity index (χ0n) is 50.5. The van der Waals surface area contributed by atoms with Gasteiger partial charge in [0.25, 0.3) is 0 Å². The number of hydrogen-bond donors (Lipinski definition) is 0. The lowest BCUT2D eigenvalue weighted by molar-refractivity contribution is 1.14. The summed E-state index contributed by atoms with van der Waals surface area (Å²) >= 11 is 0. The Bertz CT molecular complexity index is 5070. The summed E-state index contributed by atoms with van der Waals surface area (Å²) in [7, 11) is 0. The molecule has 0 radical (unpaired) electrons. The van der Waals surface area contributed by atoms with E-state index in [1.165, 1.54) is 43.8 Å². The molecule has 0 aliphatic carbocycles. The summed E-state index contributed by atoms with van der Waals surface area (Å²) in [5.74, 6) is 0. The Morgan fingerprint density at radius 2 is 0.348 bits per heavy atom. The van der Waals surface area contributed by atoms with E-state index in [9.17, 15) is 0 Å². The Labute approximate surface area is 536 Å². The third-order valence-electron chi connectivity index (χ3n) is 18.4. The number of hydrogen-bond acceptors (Lipinski definition) is 0. The molecule has 15 aromatic carbocycles. The van der Waals surface area contributed by atoms with Crippen molar-refractivity contribution in [2.24, 2.45) is 0 Å². The lowest BCUT2D eigenvalue weighted by Crippen LogP contribution is -2.00. The van der Waals surface area contributed by atoms with Crippen LogP contribution in [0.25, 0.3) is 166 Å². The highest BCUT2D eigenvalue weighted by Gasteiger charge is 2.29. The van der Waals surface area contributed by atoms with Gasteiger partial charge in [0.1, 0.15) is 0 Å². The average Bonchev–Trinajstić information content (AvgIpc) is 1.40. The predicted octanol–water partition coefficient (Wildman–Crippen LogP) is 24.6. The van der Waals surface area contributed by atoms with Gasteiger partial charge in [0.15, 0.2) is 0 Å². The van der Waals surface area contributed by atoms with E-state index in [1.54, 1.807) is 0 Å². The molecular weight excluding hydrogens is 1110 g/mol. The third kappa shape index (κ3) is 9.53. The first-order valence-corrected chi connectivity index (χ1v) is 31.7. The van der Waals surface area contributed by atoms with Crippen molar-refractivity contribution in [3.8, 4) is 123 Å². The van der Waals surface area contributed by atoms with Gasteiger partial charge in [-0.1, -0.05) is 303 Å². The predicted molar refractivity (Wildman–Crippen MR) is 389 cm³/mol. The molecule has 2 aromatic heterocycles. The minimum Gasteiger partial charge on any atom is -0.309 e. The monoisotopic (exact) mass is 1170 g/mol. The second-order valence-electron chi connectivity index (χ2n) is 23.9. The number of nitrogens with zero attached hydrogens (tertiary/aromatic N) is 2. The van der Waals surface area contributed by atoms with Gasteiger partial charge in [-0.2, -0.15) is 0 Å². The molecule has 0 atom stereocenters. The first kappa shape index (κ1) is 54.1. The van der Waals surface area contributed by atoms with Crippen LogP contribution in [0.5, 0.6) is 0 Å². The Hall–Kier alpha value is -12.1. The van der Waals surface area contributed by atoms with E-state index in [2.05, 4.69) is 373 Å². The molecule has 0 saturated heterocycles. The lowest BCUT2D eigenvalue weighted by Gasteiger charge is -2.20. The van der Waals surface area contributed by atoms with Gasteiger partial charge in [-0.05, 0) is 171 Å². The van der Waals surface area contributed by atoms with E-state index in [0.717, 1.165) is 122 Å². The lowest BCUT2D eigenvalue weighted by atomic mass is 9.84. The molecule has 0 saturated carbocycles. The van der Waals surface area contributed by atoms with E-state index < -0.39 is 0 Å². The molecule has 0 unspecified atom stereocenters. The normalized spacial score (nSPS) is 11.5. The van der Waals surface area contributed by atoms with Gasteiger partial charge in [-0.3, -0.25) is 0 Å². The fourth-order valence-corrected chi connectivity index (χ4v) is 14.4. The summed E-state index contributed by atoms with van der Waals surface area (Å²) in [5.41, 5.74) is 27.5. The van der Waals surface area contributed by atoms with Crippen LogP contribution in [0.1, 0.15) is 0 Å². The van der Waals surface area contributed by atoms with Crippen LogP contribution < -0.4 is 0 Å². The molecule has 0 bridgehead atoms. The standard InChI is InChI=1S/C90H60N2/c1-11-31-61(32-12-1)71-51-72(62-33-13-2-14-34-62)54-75(53-71)91-83-59-79-77(57-81(83)87(67-43-23-7-24-44-67)89(91)69-47-27-9-28-48-69)86(66-41-21-6-22-42-66)80-60-84-82(58-78(80)85(79)65-39-19-5-20-40-65)88(68-45-25-8-26-46-68)90(70-49-29-10-30-50-70)92(84)76-55-73(63-35-15-3-16-36-63)52-74(56-76)64-37-17-4-18-38-64/h1-60H.